The summed E-state index contributed by atoms with van der Waals surface area (Å²) in [5.41, 5.74) is 1.02. The molecule has 0 radical (unpaired) electrons. The number of nitrogens with one attached hydrogen (secondary N) is 1. The molecule has 14 heavy (non-hydrogen) atoms. The van der Waals surface area contributed by atoms with Crippen LogP contribution in [0, 0.1) is 5.95 Å². The van der Waals surface area contributed by atoms with Crippen molar-refractivity contribution in [3.05, 3.63) is 30.2 Å². The number of halogens is 1. The molecule has 5 heteroatoms. The molecule has 0 bridgehead atoms. The van der Waals surface area contributed by atoms with Gasteiger partial charge in [0.25, 0.3) is 0 Å². The molecule has 1 aliphatic rings. The van der Waals surface area contributed by atoms with Crippen LogP contribution in [0.25, 0.3) is 0 Å². The van der Waals surface area contributed by atoms with Gasteiger partial charge in [-0.1, -0.05) is 0 Å². The number of nitrogens with zero attached hydrogens (tertiary/aromatic N) is 3. The van der Waals surface area contributed by atoms with E-state index < -0.39 is 5.95 Å². The summed E-state index contributed by atoms with van der Waals surface area (Å²) in [7, 11) is 0. The summed E-state index contributed by atoms with van der Waals surface area (Å²) in [5.74, 6) is 0.106. The van der Waals surface area contributed by atoms with Crippen molar-refractivity contribution in [2.75, 3.05) is 18.0 Å². The second kappa shape index (κ2) is 3.61. The fourth-order valence-corrected chi connectivity index (χ4v) is 1.42. The molecular formula is C9H11FN4. The number of allylic oxidation sites excluding steroid dienone is 1. The number of hydrogen-bond donors (Lipinski definition) is 1. The largest absolute Gasteiger partial charge is 0.388 e. The van der Waals surface area contributed by atoms with Crippen molar-refractivity contribution < 1.29 is 4.39 Å². The second-order valence-corrected chi connectivity index (χ2v) is 3.09. The van der Waals surface area contributed by atoms with Crippen molar-refractivity contribution >= 4 is 5.82 Å². The van der Waals surface area contributed by atoms with Crippen LogP contribution in [0.5, 0.6) is 0 Å². The highest BCUT2D eigenvalue weighted by Crippen LogP contribution is 2.16. The second-order valence-electron chi connectivity index (χ2n) is 3.09. The molecule has 0 saturated heterocycles. The Kier molecular flexibility index (Phi) is 2.30. The van der Waals surface area contributed by atoms with Gasteiger partial charge in [-0.3, -0.25) is 0 Å². The van der Waals surface area contributed by atoms with E-state index in [4.69, 9.17) is 0 Å². The lowest BCUT2D eigenvalue weighted by Gasteiger charge is -2.27. The van der Waals surface area contributed by atoms with E-state index >= 15 is 0 Å². The monoisotopic (exact) mass is 194 g/mol. The van der Waals surface area contributed by atoms with Crippen LogP contribution in [-0.4, -0.2) is 23.1 Å². The molecule has 1 aliphatic heterocycles. The highest BCUT2D eigenvalue weighted by atomic mass is 19.1. The molecule has 74 valence electrons. The molecule has 1 N–H and O–H groups in total. The quantitative estimate of drug-likeness (QED) is 0.674. The lowest BCUT2D eigenvalue weighted by atomic mass is 10.3. The van der Waals surface area contributed by atoms with Gasteiger partial charge in [-0.25, -0.2) is 9.97 Å². The van der Waals surface area contributed by atoms with Gasteiger partial charge in [-0.05, 0) is 6.92 Å². The van der Waals surface area contributed by atoms with E-state index in [0.717, 1.165) is 18.8 Å². The van der Waals surface area contributed by atoms with Crippen LogP contribution >= 0.6 is 0 Å². The summed E-state index contributed by atoms with van der Waals surface area (Å²) in [6, 6.07) is 1.34. The van der Waals surface area contributed by atoms with E-state index in [2.05, 4.69) is 15.3 Å². The SMILES string of the molecule is CC1=CNCCN1c1cc(F)ncn1. The Morgan fingerprint density at radius 3 is 3.07 bits per heavy atom. The molecule has 0 aromatic carbocycles. The molecular weight excluding hydrogens is 183 g/mol. The van der Waals surface area contributed by atoms with Crippen molar-refractivity contribution in [1.82, 2.24) is 15.3 Å². The van der Waals surface area contributed by atoms with Crippen LogP contribution in [0.4, 0.5) is 10.2 Å². The van der Waals surface area contributed by atoms with Gasteiger partial charge in [-0.15, -0.1) is 0 Å². The van der Waals surface area contributed by atoms with Crippen molar-refractivity contribution in [3.8, 4) is 0 Å². The third-order valence-electron chi connectivity index (χ3n) is 2.11. The fourth-order valence-electron chi connectivity index (χ4n) is 1.42. The Morgan fingerprint density at radius 1 is 1.50 bits per heavy atom. The Balaban J connectivity index is 2.30. The highest BCUT2D eigenvalue weighted by Gasteiger charge is 2.13. The molecule has 4 nitrogen and oxygen atoms in total. The van der Waals surface area contributed by atoms with Gasteiger partial charge in [0.2, 0.25) is 5.95 Å². The minimum absolute atomic E-state index is 0.499. The average Bonchev–Trinajstić information content (AvgIpc) is 2.18. The summed E-state index contributed by atoms with van der Waals surface area (Å²) in [6.45, 7) is 3.58. The smallest absolute Gasteiger partial charge is 0.218 e. The summed E-state index contributed by atoms with van der Waals surface area (Å²) in [4.78, 5) is 9.39. The molecule has 0 spiro atoms. The number of anilines is 1. The first-order valence-corrected chi connectivity index (χ1v) is 4.42. The maximum absolute atomic E-state index is 12.8. The van der Waals surface area contributed by atoms with E-state index in [1.54, 1.807) is 0 Å². The van der Waals surface area contributed by atoms with Gasteiger partial charge in [-0.2, -0.15) is 4.39 Å². The number of hydrogen-bond acceptors (Lipinski definition) is 4. The van der Waals surface area contributed by atoms with Crippen LogP contribution in [0.15, 0.2) is 24.3 Å². The maximum Gasteiger partial charge on any atom is 0.218 e. The van der Waals surface area contributed by atoms with Crippen molar-refractivity contribution in [2.24, 2.45) is 0 Å². The zero-order valence-corrected chi connectivity index (χ0v) is 7.87. The molecule has 0 fully saturated rings. The molecule has 1 aromatic heterocycles. The van der Waals surface area contributed by atoms with Gasteiger partial charge in [0.05, 0.1) is 0 Å². The van der Waals surface area contributed by atoms with Crippen molar-refractivity contribution in [2.45, 2.75) is 6.92 Å². The molecule has 2 rings (SSSR count). The topological polar surface area (TPSA) is 41.0 Å². The van der Waals surface area contributed by atoms with Crippen molar-refractivity contribution in [3.63, 3.8) is 0 Å². The minimum atomic E-state index is -0.499. The summed E-state index contributed by atoms with van der Waals surface area (Å²) in [6.07, 6.45) is 3.13. The molecule has 0 aliphatic carbocycles. The van der Waals surface area contributed by atoms with Gasteiger partial charge < -0.3 is 10.2 Å². The van der Waals surface area contributed by atoms with E-state index in [0.29, 0.717) is 5.82 Å². The van der Waals surface area contributed by atoms with E-state index in [9.17, 15) is 4.39 Å². The third kappa shape index (κ3) is 1.66. The third-order valence-corrected chi connectivity index (χ3v) is 2.11. The summed E-state index contributed by atoms with van der Waals surface area (Å²) >= 11 is 0. The first-order chi connectivity index (χ1) is 6.77. The van der Waals surface area contributed by atoms with Crippen LogP contribution in [-0.2, 0) is 0 Å². The van der Waals surface area contributed by atoms with Gasteiger partial charge in [0.1, 0.15) is 12.1 Å². The van der Waals surface area contributed by atoms with E-state index in [1.807, 2.05) is 18.0 Å². The van der Waals surface area contributed by atoms with Gasteiger partial charge in [0.15, 0.2) is 0 Å². The summed E-state index contributed by atoms with van der Waals surface area (Å²) in [5, 5.41) is 3.11. The lowest BCUT2D eigenvalue weighted by molar-refractivity contribution is 0.578. The fraction of sp³-hybridized carbons (Fsp3) is 0.333. The Labute approximate surface area is 81.5 Å². The zero-order valence-electron chi connectivity index (χ0n) is 7.87. The summed E-state index contributed by atoms with van der Waals surface area (Å²) < 4.78 is 12.8. The van der Waals surface area contributed by atoms with Crippen LogP contribution in [0.3, 0.4) is 0 Å². The van der Waals surface area contributed by atoms with Gasteiger partial charge >= 0.3 is 0 Å². The zero-order chi connectivity index (χ0) is 9.97. The predicted octanol–water partition coefficient (Wildman–Crippen LogP) is 0.887. The molecule has 0 unspecified atom stereocenters. The molecule has 0 atom stereocenters. The molecule has 0 amide bonds. The van der Waals surface area contributed by atoms with Gasteiger partial charge in [0, 0.05) is 31.1 Å². The number of rotatable bonds is 1. The Bertz CT molecular complexity index is 364. The Morgan fingerprint density at radius 2 is 2.36 bits per heavy atom. The van der Waals surface area contributed by atoms with Crippen LogP contribution in [0.2, 0.25) is 0 Å². The standard InChI is InChI=1S/C9H11FN4/c1-7-5-11-2-3-14(7)9-4-8(10)12-6-13-9/h4-6,11H,2-3H2,1H3. The number of aromatic nitrogens is 2. The van der Waals surface area contributed by atoms with Crippen LogP contribution in [0.1, 0.15) is 6.92 Å². The molecule has 0 saturated carbocycles. The molecule has 1 aromatic rings. The van der Waals surface area contributed by atoms with Crippen LogP contribution < -0.4 is 10.2 Å². The minimum Gasteiger partial charge on any atom is -0.388 e. The van der Waals surface area contributed by atoms with E-state index in [1.165, 1.54) is 12.4 Å². The molecule has 2 heterocycles. The van der Waals surface area contributed by atoms with Crippen molar-refractivity contribution in [1.29, 1.82) is 0 Å². The lowest BCUT2D eigenvalue weighted by Crippen LogP contribution is -2.35. The average molecular weight is 194 g/mol. The maximum atomic E-state index is 12.8. The Hall–Kier alpha value is -1.65. The first kappa shape index (κ1) is 8.93. The highest BCUT2D eigenvalue weighted by molar-refractivity contribution is 5.45. The first-order valence-electron chi connectivity index (χ1n) is 4.42. The predicted molar refractivity (Wildman–Crippen MR) is 51.1 cm³/mol. The normalized spacial score (nSPS) is 16.1. The van der Waals surface area contributed by atoms with E-state index in [-0.39, 0.29) is 0 Å².